The second kappa shape index (κ2) is 5.16. The lowest BCUT2D eigenvalue weighted by Crippen LogP contribution is -2.41. The Morgan fingerprint density at radius 2 is 1.95 bits per heavy atom. The number of anilines is 1. The highest BCUT2D eigenvalue weighted by atomic mass is 32.2. The van der Waals surface area contributed by atoms with E-state index in [1.54, 1.807) is 0 Å². The second-order valence-electron chi connectivity index (χ2n) is 4.08. The number of morpholine rings is 1. The molecule has 0 atom stereocenters. The predicted molar refractivity (Wildman–Crippen MR) is 67.4 cm³/mol. The summed E-state index contributed by atoms with van der Waals surface area (Å²) in [5.74, 6) is -1.32. The molecule has 0 amide bonds. The summed E-state index contributed by atoms with van der Waals surface area (Å²) < 4.78 is 31.1. The van der Waals surface area contributed by atoms with Gasteiger partial charge < -0.3 is 15.6 Å². The maximum Gasteiger partial charge on any atom is 0.337 e. The maximum atomic E-state index is 12.4. The minimum Gasteiger partial charge on any atom is -0.478 e. The Morgan fingerprint density at radius 3 is 2.53 bits per heavy atom. The third-order valence-corrected chi connectivity index (χ3v) is 4.78. The van der Waals surface area contributed by atoms with Crippen LogP contribution in [0.4, 0.5) is 5.69 Å². The molecule has 0 radical (unpaired) electrons. The third kappa shape index (κ3) is 2.70. The molecule has 0 unspecified atom stereocenters. The minimum absolute atomic E-state index is 0.207. The first-order valence-corrected chi connectivity index (χ1v) is 7.07. The van der Waals surface area contributed by atoms with E-state index >= 15 is 0 Å². The van der Waals surface area contributed by atoms with E-state index in [2.05, 4.69) is 0 Å². The van der Waals surface area contributed by atoms with E-state index in [4.69, 9.17) is 15.6 Å². The summed E-state index contributed by atoms with van der Waals surface area (Å²) in [5, 5.41) is 9.09. The molecule has 1 fully saturated rings. The average Bonchev–Trinajstić information content (AvgIpc) is 2.39. The van der Waals surface area contributed by atoms with Crippen LogP contribution in [0.2, 0.25) is 0 Å². The molecule has 2 rings (SSSR count). The summed E-state index contributed by atoms with van der Waals surface area (Å²) in [6.07, 6.45) is 0. The predicted octanol–water partition coefficient (Wildman–Crippen LogP) is -0.0121. The van der Waals surface area contributed by atoms with Gasteiger partial charge in [0, 0.05) is 18.8 Å². The van der Waals surface area contributed by atoms with Gasteiger partial charge >= 0.3 is 5.97 Å². The van der Waals surface area contributed by atoms with Gasteiger partial charge in [-0.2, -0.15) is 4.31 Å². The second-order valence-corrected chi connectivity index (χ2v) is 5.98. The largest absolute Gasteiger partial charge is 0.478 e. The topological polar surface area (TPSA) is 110 Å². The van der Waals surface area contributed by atoms with Crippen molar-refractivity contribution in [3.05, 3.63) is 23.8 Å². The van der Waals surface area contributed by atoms with E-state index in [1.807, 2.05) is 0 Å². The summed E-state index contributed by atoms with van der Waals surface area (Å²) in [5.41, 5.74) is 5.39. The van der Waals surface area contributed by atoms with Crippen molar-refractivity contribution in [2.75, 3.05) is 32.0 Å². The monoisotopic (exact) mass is 286 g/mol. The van der Waals surface area contributed by atoms with Crippen LogP contribution < -0.4 is 5.73 Å². The fourth-order valence-corrected chi connectivity index (χ4v) is 3.44. The Morgan fingerprint density at radius 1 is 1.32 bits per heavy atom. The number of carboxylic acid groups (broad SMARTS) is 1. The van der Waals surface area contributed by atoms with Crippen LogP contribution >= 0.6 is 0 Å². The SMILES string of the molecule is Nc1ccc(S(=O)(=O)N2CCOCC2)c(C(=O)O)c1. The number of sulfonamides is 1. The summed E-state index contributed by atoms with van der Waals surface area (Å²) in [6, 6.07) is 3.75. The summed E-state index contributed by atoms with van der Waals surface area (Å²) >= 11 is 0. The zero-order valence-electron chi connectivity index (χ0n) is 10.1. The van der Waals surface area contributed by atoms with Gasteiger partial charge in [0.05, 0.1) is 23.7 Å². The molecule has 3 N–H and O–H groups in total. The van der Waals surface area contributed by atoms with Gasteiger partial charge in [-0.05, 0) is 18.2 Å². The summed E-state index contributed by atoms with van der Waals surface area (Å²) in [6.45, 7) is 1.03. The van der Waals surface area contributed by atoms with E-state index in [0.717, 1.165) is 6.07 Å². The van der Waals surface area contributed by atoms with Crippen molar-refractivity contribution in [3.63, 3.8) is 0 Å². The molecule has 1 aliphatic heterocycles. The van der Waals surface area contributed by atoms with Crippen LogP contribution in [-0.2, 0) is 14.8 Å². The van der Waals surface area contributed by atoms with E-state index in [9.17, 15) is 13.2 Å². The number of hydrogen-bond acceptors (Lipinski definition) is 5. The molecule has 0 saturated carbocycles. The normalized spacial score (nSPS) is 17.3. The maximum absolute atomic E-state index is 12.4. The molecule has 0 bridgehead atoms. The van der Waals surface area contributed by atoms with Crippen molar-refractivity contribution in [3.8, 4) is 0 Å². The molecule has 1 heterocycles. The standard InChI is InChI=1S/C11H14N2O5S/c12-8-1-2-10(9(7-8)11(14)15)19(16,17)13-3-5-18-6-4-13/h1-2,7H,3-6,12H2,(H,14,15). The van der Waals surface area contributed by atoms with Gasteiger partial charge in [0.15, 0.2) is 0 Å². The minimum atomic E-state index is -3.84. The van der Waals surface area contributed by atoms with Crippen LogP contribution in [0.25, 0.3) is 0 Å². The lowest BCUT2D eigenvalue weighted by Gasteiger charge is -2.26. The summed E-state index contributed by atoms with van der Waals surface area (Å²) in [7, 11) is -3.84. The smallest absolute Gasteiger partial charge is 0.337 e. The average molecular weight is 286 g/mol. The fraction of sp³-hybridized carbons (Fsp3) is 0.364. The van der Waals surface area contributed by atoms with Gasteiger partial charge in [0.2, 0.25) is 10.0 Å². The Labute approximate surface area is 110 Å². The number of aromatic carboxylic acids is 1. The number of nitrogens with two attached hydrogens (primary N) is 1. The fourth-order valence-electron chi connectivity index (χ4n) is 1.87. The zero-order chi connectivity index (χ0) is 14.0. The first-order chi connectivity index (χ1) is 8.93. The molecule has 104 valence electrons. The molecule has 0 aliphatic carbocycles. The molecule has 0 aromatic heterocycles. The van der Waals surface area contributed by atoms with Gasteiger partial charge in [0.25, 0.3) is 0 Å². The van der Waals surface area contributed by atoms with Crippen molar-refractivity contribution in [1.29, 1.82) is 0 Å². The van der Waals surface area contributed by atoms with Crippen LogP contribution in [0, 0.1) is 0 Å². The van der Waals surface area contributed by atoms with Gasteiger partial charge in [-0.15, -0.1) is 0 Å². The summed E-state index contributed by atoms with van der Waals surface area (Å²) in [4.78, 5) is 10.9. The van der Waals surface area contributed by atoms with Crippen molar-refractivity contribution in [2.45, 2.75) is 4.90 Å². The van der Waals surface area contributed by atoms with Crippen molar-refractivity contribution >= 4 is 21.7 Å². The number of nitrogens with zero attached hydrogens (tertiary/aromatic N) is 1. The molecular formula is C11H14N2O5S. The quantitative estimate of drug-likeness (QED) is 0.756. The van der Waals surface area contributed by atoms with Gasteiger partial charge in [-0.3, -0.25) is 0 Å². The number of carboxylic acids is 1. The zero-order valence-corrected chi connectivity index (χ0v) is 10.9. The molecule has 0 spiro atoms. The number of rotatable bonds is 3. The van der Waals surface area contributed by atoms with Crippen LogP contribution in [0.5, 0.6) is 0 Å². The molecule has 1 saturated heterocycles. The highest BCUT2D eigenvalue weighted by molar-refractivity contribution is 7.89. The van der Waals surface area contributed by atoms with E-state index in [-0.39, 0.29) is 29.2 Å². The molecule has 7 nitrogen and oxygen atoms in total. The van der Waals surface area contributed by atoms with Gasteiger partial charge in [-0.1, -0.05) is 0 Å². The molecular weight excluding hydrogens is 272 g/mol. The lowest BCUT2D eigenvalue weighted by molar-refractivity contribution is 0.0688. The van der Waals surface area contributed by atoms with Crippen LogP contribution in [0.3, 0.4) is 0 Å². The first kappa shape index (κ1) is 13.8. The van der Waals surface area contributed by atoms with Crippen LogP contribution in [0.15, 0.2) is 23.1 Å². The third-order valence-electron chi connectivity index (χ3n) is 2.82. The Balaban J connectivity index is 2.48. The van der Waals surface area contributed by atoms with Gasteiger partial charge in [0.1, 0.15) is 0 Å². The Hall–Kier alpha value is -1.64. The van der Waals surface area contributed by atoms with Crippen LogP contribution in [0.1, 0.15) is 10.4 Å². The van der Waals surface area contributed by atoms with E-state index in [1.165, 1.54) is 16.4 Å². The van der Waals surface area contributed by atoms with Crippen molar-refractivity contribution in [1.82, 2.24) is 4.31 Å². The highest BCUT2D eigenvalue weighted by Gasteiger charge is 2.30. The van der Waals surface area contributed by atoms with Crippen LogP contribution in [-0.4, -0.2) is 50.1 Å². The molecule has 19 heavy (non-hydrogen) atoms. The molecule has 8 heteroatoms. The number of benzene rings is 1. The first-order valence-electron chi connectivity index (χ1n) is 5.63. The Bertz CT molecular complexity index is 593. The number of carbonyl (C=O) groups is 1. The van der Waals surface area contributed by atoms with E-state index < -0.39 is 16.0 Å². The lowest BCUT2D eigenvalue weighted by atomic mass is 10.2. The van der Waals surface area contributed by atoms with Crippen molar-refractivity contribution in [2.24, 2.45) is 0 Å². The number of ether oxygens (including phenoxy) is 1. The number of hydrogen-bond donors (Lipinski definition) is 2. The van der Waals surface area contributed by atoms with E-state index in [0.29, 0.717) is 13.2 Å². The highest BCUT2D eigenvalue weighted by Crippen LogP contribution is 2.23. The molecule has 1 aliphatic rings. The number of nitrogen functional groups attached to an aromatic ring is 1. The molecule has 1 aromatic rings. The Kier molecular flexibility index (Phi) is 3.74. The van der Waals surface area contributed by atoms with Gasteiger partial charge in [-0.25, -0.2) is 13.2 Å². The van der Waals surface area contributed by atoms with Crippen molar-refractivity contribution < 1.29 is 23.1 Å². The molecule has 1 aromatic carbocycles.